The molecule has 106 valence electrons. The highest BCUT2D eigenvalue weighted by Crippen LogP contribution is 2.23. The van der Waals surface area contributed by atoms with Crippen LogP contribution in [0.3, 0.4) is 0 Å². The van der Waals surface area contributed by atoms with Gasteiger partial charge in [-0.2, -0.15) is 0 Å². The summed E-state index contributed by atoms with van der Waals surface area (Å²) in [5.41, 5.74) is 0.825. The Morgan fingerprint density at radius 3 is 2.85 bits per heavy atom. The van der Waals surface area contributed by atoms with Crippen LogP contribution >= 0.6 is 11.6 Å². The molecule has 4 nitrogen and oxygen atoms in total. The van der Waals surface area contributed by atoms with E-state index in [9.17, 15) is 9.90 Å². The smallest absolute Gasteiger partial charge is 0.352 e. The summed E-state index contributed by atoms with van der Waals surface area (Å²) in [6.07, 6.45) is 2.59. The van der Waals surface area contributed by atoms with Gasteiger partial charge in [-0.3, -0.25) is 0 Å². The predicted octanol–water partition coefficient (Wildman–Crippen LogP) is 4.01. The molecule has 1 aromatic carbocycles. The standard InChI is InChI=1S/C15H16ClNO3/c1-3-10(2)20-13-6-4-5-12(8-13)17-9-11(16)7-14(17)15(18)19/h4-10H,3H2,1-2H3,(H,18,19). The van der Waals surface area contributed by atoms with E-state index < -0.39 is 5.97 Å². The molecule has 1 aromatic heterocycles. The Kier molecular flexibility index (Phi) is 4.35. The van der Waals surface area contributed by atoms with E-state index in [1.165, 1.54) is 10.6 Å². The molecule has 0 fully saturated rings. The second-order valence-corrected chi connectivity index (χ2v) is 4.99. The minimum Gasteiger partial charge on any atom is -0.491 e. The third-order valence-electron chi connectivity index (χ3n) is 3.01. The Labute approximate surface area is 122 Å². The van der Waals surface area contributed by atoms with Crippen molar-refractivity contribution in [1.29, 1.82) is 0 Å². The van der Waals surface area contributed by atoms with Crippen LogP contribution in [-0.4, -0.2) is 21.7 Å². The van der Waals surface area contributed by atoms with Crippen LogP contribution in [0.15, 0.2) is 36.5 Å². The molecule has 2 rings (SSSR count). The van der Waals surface area contributed by atoms with Gasteiger partial charge in [-0.05, 0) is 31.5 Å². The Hall–Kier alpha value is -1.94. The van der Waals surface area contributed by atoms with E-state index in [-0.39, 0.29) is 11.8 Å². The molecule has 1 heterocycles. The lowest BCUT2D eigenvalue weighted by Crippen LogP contribution is -2.10. The monoisotopic (exact) mass is 293 g/mol. The summed E-state index contributed by atoms with van der Waals surface area (Å²) in [5, 5.41) is 9.57. The van der Waals surface area contributed by atoms with Crippen molar-refractivity contribution in [2.45, 2.75) is 26.4 Å². The molecule has 0 aliphatic heterocycles. The fraction of sp³-hybridized carbons (Fsp3) is 0.267. The van der Waals surface area contributed by atoms with E-state index in [1.54, 1.807) is 12.3 Å². The molecule has 2 aromatic rings. The highest BCUT2D eigenvalue weighted by Gasteiger charge is 2.13. The van der Waals surface area contributed by atoms with Gasteiger partial charge in [0.2, 0.25) is 0 Å². The number of carbonyl (C=O) groups is 1. The average Bonchev–Trinajstić information content (AvgIpc) is 2.81. The van der Waals surface area contributed by atoms with Gasteiger partial charge in [-0.25, -0.2) is 4.79 Å². The van der Waals surface area contributed by atoms with Crippen LogP contribution in [0.1, 0.15) is 30.8 Å². The van der Waals surface area contributed by atoms with Crippen molar-refractivity contribution in [2.75, 3.05) is 0 Å². The SMILES string of the molecule is CCC(C)Oc1cccc(-n2cc(Cl)cc2C(=O)O)c1. The number of aromatic carboxylic acids is 1. The number of hydrogen-bond donors (Lipinski definition) is 1. The molecule has 0 bridgehead atoms. The van der Waals surface area contributed by atoms with Crippen molar-refractivity contribution in [1.82, 2.24) is 4.57 Å². The number of ether oxygens (including phenoxy) is 1. The van der Waals surface area contributed by atoms with Crippen molar-refractivity contribution in [2.24, 2.45) is 0 Å². The zero-order valence-corrected chi connectivity index (χ0v) is 12.1. The molecular formula is C15H16ClNO3. The number of carboxylic acids is 1. The molecule has 0 aliphatic rings. The zero-order valence-electron chi connectivity index (χ0n) is 11.3. The molecular weight excluding hydrogens is 278 g/mol. The van der Waals surface area contributed by atoms with Crippen LogP contribution in [0, 0.1) is 0 Å². The Morgan fingerprint density at radius 1 is 1.45 bits per heavy atom. The van der Waals surface area contributed by atoms with E-state index >= 15 is 0 Å². The fourth-order valence-corrected chi connectivity index (χ4v) is 2.03. The quantitative estimate of drug-likeness (QED) is 0.906. The number of halogens is 1. The van der Waals surface area contributed by atoms with Gasteiger partial charge in [0, 0.05) is 18.0 Å². The number of hydrogen-bond acceptors (Lipinski definition) is 2. The van der Waals surface area contributed by atoms with Crippen LogP contribution in [-0.2, 0) is 0 Å². The van der Waals surface area contributed by atoms with Gasteiger partial charge < -0.3 is 14.4 Å². The summed E-state index contributed by atoms with van der Waals surface area (Å²) in [4.78, 5) is 11.2. The van der Waals surface area contributed by atoms with Crippen LogP contribution in [0.25, 0.3) is 5.69 Å². The molecule has 0 amide bonds. The molecule has 1 N–H and O–H groups in total. The molecule has 0 aliphatic carbocycles. The molecule has 1 unspecified atom stereocenters. The van der Waals surface area contributed by atoms with E-state index in [2.05, 4.69) is 0 Å². The number of benzene rings is 1. The fourth-order valence-electron chi connectivity index (χ4n) is 1.83. The number of aromatic nitrogens is 1. The summed E-state index contributed by atoms with van der Waals surface area (Å²) in [7, 11) is 0. The molecule has 5 heteroatoms. The Balaban J connectivity index is 2.38. The van der Waals surface area contributed by atoms with Gasteiger partial charge in [0.15, 0.2) is 0 Å². The van der Waals surface area contributed by atoms with Crippen molar-refractivity contribution in [3.8, 4) is 11.4 Å². The number of nitrogens with zero attached hydrogens (tertiary/aromatic N) is 1. The van der Waals surface area contributed by atoms with Crippen LogP contribution in [0.4, 0.5) is 0 Å². The number of carboxylic acid groups (broad SMARTS) is 1. The minimum atomic E-state index is -1.02. The van der Waals surface area contributed by atoms with Crippen molar-refractivity contribution >= 4 is 17.6 Å². The van der Waals surface area contributed by atoms with Gasteiger partial charge in [-0.1, -0.05) is 24.6 Å². The molecule has 0 radical (unpaired) electrons. The average molecular weight is 294 g/mol. The van der Waals surface area contributed by atoms with E-state index in [0.29, 0.717) is 16.5 Å². The van der Waals surface area contributed by atoms with E-state index in [0.717, 1.165) is 6.42 Å². The lowest BCUT2D eigenvalue weighted by Gasteiger charge is -2.14. The van der Waals surface area contributed by atoms with Gasteiger partial charge in [0.05, 0.1) is 11.1 Å². The first-order valence-electron chi connectivity index (χ1n) is 6.39. The van der Waals surface area contributed by atoms with Crippen LogP contribution < -0.4 is 4.74 Å². The first-order valence-corrected chi connectivity index (χ1v) is 6.77. The molecule has 0 spiro atoms. The first-order chi connectivity index (χ1) is 9.51. The normalized spacial score (nSPS) is 12.2. The molecule has 20 heavy (non-hydrogen) atoms. The van der Waals surface area contributed by atoms with Crippen molar-refractivity contribution < 1.29 is 14.6 Å². The lowest BCUT2D eigenvalue weighted by atomic mass is 10.2. The summed E-state index contributed by atoms with van der Waals surface area (Å²) in [6, 6.07) is 8.71. The Bertz CT molecular complexity index is 621. The van der Waals surface area contributed by atoms with Crippen molar-refractivity contribution in [3.63, 3.8) is 0 Å². The predicted molar refractivity (Wildman–Crippen MR) is 78.1 cm³/mol. The maximum Gasteiger partial charge on any atom is 0.352 e. The van der Waals surface area contributed by atoms with E-state index in [4.69, 9.17) is 16.3 Å². The summed E-state index contributed by atoms with van der Waals surface area (Å²) in [5.74, 6) is -0.317. The van der Waals surface area contributed by atoms with Crippen molar-refractivity contribution in [3.05, 3.63) is 47.2 Å². The molecule has 0 saturated heterocycles. The molecule has 1 atom stereocenters. The van der Waals surface area contributed by atoms with Gasteiger partial charge in [-0.15, -0.1) is 0 Å². The van der Waals surface area contributed by atoms with Gasteiger partial charge in [0.25, 0.3) is 0 Å². The lowest BCUT2D eigenvalue weighted by molar-refractivity contribution is 0.0688. The maximum atomic E-state index is 11.2. The topological polar surface area (TPSA) is 51.5 Å². The van der Waals surface area contributed by atoms with Crippen LogP contribution in [0.5, 0.6) is 5.75 Å². The maximum absolute atomic E-state index is 11.2. The van der Waals surface area contributed by atoms with Gasteiger partial charge in [0.1, 0.15) is 11.4 Å². The van der Waals surface area contributed by atoms with Crippen LogP contribution in [0.2, 0.25) is 5.02 Å². The highest BCUT2D eigenvalue weighted by molar-refractivity contribution is 6.31. The Morgan fingerprint density at radius 2 is 2.20 bits per heavy atom. The second kappa shape index (κ2) is 6.01. The highest BCUT2D eigenvalue weighted by atomic mass is 35.5. The third-order valence-corrected chi connectivity index (χ3v) is 3.22. The molecule has 0 saturated carbocycles. The summed E-state index contributed by atoms with van der Waals surface area (Å²) in [6.45, 7) is 4.03. The summed E-state index contributed by atoms with van der Waals surface area (Å²) >= 11 is 5.89. The first kappa shape index (κ1) is 14.5. The largest absolute Gasteiger partial charge is 0.491 e. The van der Waals surface area contributed by atoms with Gasteiger partial charge >= 0.3 is 5.97 Å². The summed E-state index contributed by atoms with van der Waals surface area (Å²) < 4.78 is 7.27. The zero-order chi connectivity index (χ0) is 14.7. The van der Waals surface area contributed by atoms with E-state index in [1.807, 2.05) is 32.0 Å². The second-order valence-electron chi connectivity index (χ2n) is 4.55. The third kappa shape index (κ3) is 3.14. The number of rotatable bonds is 5. The minimum absolute atomic E-state index is 0.109.